The van der Waals surface area contributed by atoms with E-state index < -0.39 is 0 Å². The normalized spacial score (nSPS) is 16.2. The first-order valence-electron chi connectivity index (χ1n) is 7.13. The first-order valence-corrected chi connectivity index (χ1v) is 8.01. The van der Waals surface area contributed by atoms with Crippen LogP contribution in [-0.2, 0) is 9.53 Å². The minimum Gasteiger partial charge on any atom is -0.379 e. The number of thiophene rings is 1. The number of hydrogen-bond acceptors (Lipinski definition) is 5. The summed E-state index contributed by atoms with van der Waals surface area (Å²) >= 11 is 1.74. The number of ether oxygens (including phenoxy) is 1. The van der Waals surface area contributed by atoms with E-state index in [0.717, 1.165) is 32.7 Å². The molecule has 0 spiro atoms. The van der Waals surface area contributed by atoms with Gasteiger partial charge in [-0.25, -0.2) is 0 Å². The van der Waals surface area contributed by atoms with Gasteiger partial charge in [-0.05, 0) is 24.4 Å². The Hall–Kier alpha value is -0.370. The third-order valence-electron chi connectivity index (χ3n) is 3.46. The molecule has 22 heavy (non-hydrogen) atoms. The van der Waals surface area contributed by atoms with Crippen LogP contribution >= 0.6 is 36.2 Å². The molecule has 1 aliphatic rings. The zero-order valence-corrected chi connectivity index (χ0v) is 15.0. The molecule has 1 aromatic rings. The molecule has 1 aromatic heterocycles. The van der Waals surface area contributed by atoms with Gasteiger partial charge in [0, 0.05) is 30.9 Å². The summed E-state index contributed by atoms with van der Waals surface area (Å²) < 4.78 is 5.41. The molecule has 1 unspecified atom stereocenters. The van der Waals surface area contributed by atoms with Crippen molar-refractivity contribution in [2.24, 2.45) is 5.73 Å². The monoisotopic (exact) mass is 369 g/mol. The molecule has 1 aliphatic heterocycles. The number of carbonyl (C=O) groups excluding carboxylic acids is 1. The summed E-state index contributed by atoms with van der Waals surface area (Å²) in [5.41, 5.74) is 5.43. The molecule has 0 aromatic carbocycles. The quantitative estimate of drug-likeness (QED) is 0.768. The van der Waals surface area contributed by atoms with Crippen LogP contribution in [0.4, 0.5) is 0 Å². The molecule has 5 nitrogen and oxygen atoms in total. The highest BCUT2D eigenvalue weighted by atomic mass is 35.5. The molecule has 1 atom stereocenters. The van der Waals surface area contributed by atoms with Crippen molar-refractivity contribution in [3.05, 3.63) is 22.4 Å². The van der Waals surface area contributed by atoms with Crippen molar-refractivity contribution in [1.29, 1.82) is 0 Å². The Labute approximate surface area is 148 Å². The average Bonchev–Trinajstić information content (AvgIpc) is 3.00. The van der Waals surface area contributed by atoms with Crippen LogP contribution in [0, 0.1) is 0 Å². The van der Waals surface area contributed by atoms with E-state index in [1.165, 1.54) is 4.88 Å². The van der Waals surface area contributed by atoms with Crippen LogP contribution in [0.5, 0.6) is 0 Å². The predicted octanol–water partition coefficient (Wildman–Crippen LogP) is 1.82. The van der Waals surface area contributed by atoms with Gasteiger partial charge in [0.25, 0.3) is 0 Å². The molecule has 0 radical (unpaired) electrons. The number of rotatable bonds is 7. The van der Waals surface area contributed by atoms with Crippen LogP contribution in [0.25, 0.3) is 0 Å². The summed E-state index contributed by atoms with van der Waals surface area (Å²) in [4.78, 5) is 15.4. The molecule has 8 heteroatoms. The van der Waals surface area contributed by atoms with E-state index in [-0.39, 0.29) is 36.8 Å². The van der Waals surface area contributed by atoms with Crippen molar-refractivity contribution >= 4 is 42.1 Å². The number of morpholine rings is 1. The summed E-state index contributed by atoms with van der Waals surface area (Å²) in [6, 6.07) is 4.45. The Balaban J connectivity index is 0.00000220. The molecule has 2 heterocycles. The lowest BCUT2D eigenvalue weighted by atomic mass is 10.2. The fraction of sp³-hybridized carbons (Fsp3) is 0.643. The maximum atomic E-state index is 11.8. The third kappa shape index (κ3) is 6.81. The van der Waals surface area contributed by atoms with E-state index in [9.17, 15) is 4.79 Å². The number of amides is 1. The number of halogens is 2. The Bertz CT molecular complexity index is 401. The number of nitrogens with one attached hydrogen (secondary N) is 1. The van der Waals surface area contributed by atoms with Crippen LogP contribution in [0.1, 0.15) is 23.8 Å². The van der Waals surface area contributed by atoms with Gasteiger partial charge in [-0.15, -0.1) is 36.2 Å². The molecule has 128 valence electrons. The van der Waals surface area contributed by atoms with Gasteiger partial charge < -0.3 is 15.8 Å². The van der Waals surface area contributed by atoms with Crippen molar-refractivity contribution in [3.8, 4) is 0 Å². The Kier molecular flexibility index (Phi) is 11.9. The molecule has 1 amide bonds. The number of carbonyl (C=O) groups is 1. The zero-order valence-electron chi connectivity index (χ0n) is 12.5. The molecular weight excluding hydrogens is 345 g/mol. The van der Waals surface area contributed by atoms with E-state index in [4.69, 9.17) is 10.5 Å². The average molecular weight is 370 g/mol. The Morgan fingerprint density at radius 1 is 1.41 bits per heavy atom. The second kappa shape index (κ2) is 12.1. The van der Waals surface area contributed by atoms with Crippen molar-refractivity contribution < 1.29 is 9.53 Å². The van der Waals surface area contributed by atoms with Crippen LogP contribution in [0.15, 0.2) is 17.5 Å². The van der Waals surface area contributed by atoms with Gasteiger partial charge in [0.05, 0.1) is 19.3 Å². The van der Waals surface area contributed by atoms with Gasteiger partial charge in [0.1, 0.15) is 0 Å². The van der Waals surface area contributed by atoms with Crippen LogP contribution in [0.3, 0.4) is 0 Å². The van der Waals surface area contributed by atoms with Crippen molar-refractivity contribution in [2.45, 2.75) is 18.9 Å². The summed E-state index contributed by atoms with van der Waals surface area (Å²) in [5, 5.41) is 5.12. The van der Waals surface area contributed by atoms with Crippen LogP contribution in [-0.4, -0.2) is 50.2 Å². The third-order valence-corrected chi connectivity index (χ3v) is 4.43. The first kappa shape index (κ1) is 21.6. The first-order chi connectivity index (χ1) is 9.81. The fourth-order valence-corrected chi connectivity index (χ4v) is 3.20. The minimum absolute atomic E-state index is 0. The molecule has 1 fully saturated rings. The minimum atomic E-state index is 0. The molecule has 2 rings (SSSR count). The maximum absolute atomic E-state index is 11.8. The number of nitrogens with two attached hydrogens (primary N) is 1. The largest absolute Gasteiger partial charge is 0.379 e. The standard InChI is InChI=1S/C14H23N3O2S.2ClH/c15-5-1-4-14(18)16-11-12(13-3-2-10-20-13)17-6-8-19-9-7-17;;/h2-3,10,12H,1,4-9,11,15H2,(H,16,18);2*1H. The fourth-order valence-electron chi connectivity index (χ4n) is 2.34. The molecule has 3 N–H and O–H groups in total. The summed E-state index contributed by atoms with van der Waals surface area (Å²) in [6.45, 7) is 4.59. The van der Waals surface area contributed by atoms with Crippen molar-refractivity contribution in [3.63, 3.8) is 0 Å². The van der Waals surface area contributed by atoms with Gasteiger partial charge in [-0.1, -0.05) is 6.07 Å². The van der Waals surface area contributed by atoms with Crippen molar-refractivity contribution in [2.75, 3.05) is 39.4 Å². The molecular formula is C14H25Cl2N3O2S. The van der Waals surface area contributed by atoms with Crippen LogP contribution < -0.4 is 11.1 Å². The van der Waals surface area contributed by atoms with Gasteiger partial charge in [0.15, 0.2) is 0 Å². The van der Waals surface area contributed by atoms with Crippen LogP contribution in [0.2, 0.25) is 0 Å². The zero-order chi connectivity index (χ0) is 14.2. The van der Waals surface area contributed by atoms with Gasteiger partial charge in [-0.2, -0.15) is 0 Å². The SMILES string of the molecule is Cl.Cl.NCCCC(=O)NCC(c1cccs1)N1CCOCC1. The lowest BCUT2D eigenvalue weighted by Gasteiger charge is -2.34. The Morgan fingerprint density at radius 3 is 2.73 bits per heavy atom. The molecule has 1 saturated heterocycles. The van der Waals surface area contributed by atoms with E-state index in [1.54, 1.807) is 11.3 Å². The van der Waals surface area contributed by atoms with E-state index in [1.807, 2.05) is 0 Å². The number of nitrogens with zero attached hydrogens (tertiary/aromatic N) is 1. The second-order valence-electron chi connectivity index (χ2n) is 4.88. The van der Waals surface area contributed by atoms with Gasteiger partial charge >= 0.3 is 0 Å². The van der Waals surface area contributed by atoms with E-state index in [0.29, 0.717) is 19.5 Å². The van der Waals surface area contributed by atoms with Crippen molar-refractivity contribution in [1.82, 2.24) is 10.2 Å². The van der Waals surface area contributed by atoms with E-state index >= 15 is 0 Å². The lowest BCUT2D eigenvalue weighted by molar-refractivity contribution is -0.121. The lowest BCUT2D eigenvalue weighted by Crippen LogP contribution is -2.43. The molecule has 0 bridgehead atoms. The van der Waals surface area contributed by atoms with Gasteiger partial charge in [-0.3, -0.25) is 9.69 Å². The highest BCUT2D eigenvalue weighted by Crippen LogP contribution is 2.25. The smallest absolute Gasteiger partial charge is 0.220 e. The maximum Gasteiger partial charge on any atom is 0.220 e. The summed E-state index contributed by atoms with van der Waals surface area (Å²) in [6.07, 6.45) is 1.25. The second-order valence-corrected chi connectivity index (χ2v) is 5.86. The number of hydrogen-bond donors (Lipinski definition) is 2. The summed E-state index contributed by atoms with van der Waals surface area (Å²) in [7, 11) is 0. The van der Waals surface area contributed by atoms with E-state index in [2.05, 4.69) is 27.7 Å². The highest BCUT2D eigenvalue weighted by Gasteiger charge is 2.23. The van der Waals surface area contributed by atoms with Gasteiger partial charge in [0.2, 0.25) is 5.91 Å². The Morgan fingerprint density at radius 2 is 2.14 bits per heavy atom. The summed E-state index contributed by atoms with van der Waals surface area (Å²) in [5.74, 6) is 0.0882. The molecule has 0 saturated carbocycles. The predicted molar refractivity (Wildman–Crippen MR) is 95.2 cm³/mol. The molecule has 0 aliphatic carbocycles. The topological polar surface area (TPSA) is 67.6 Å². The highest BCUT2D eigenvalue weighted by molar-refractivity contribution is 7.10.